The van der Waals surface area contributed by atoms with Gasteiger partial charge in [0.15, 0.2) is 0 Å². The van der Waals surface area contributed by atoms with Gasteiger partial charge in [0.25, 0.3) is 11.5 Å². The molecular formula is C24H29N5O3. The molecule has 2 bridgehead atoms. The van der Waals surface area contributed by atoms with Crippen LogP contribution < -0.4 is 10.9 Å². The van der Waals surface area contributed by atoms with Gasteiger partial charge in [-0.2, -0.15) is 0 Å². The monoisotopic (exact) mass is 435 g/mol. The summed E-state index contributed by atoms with van der Waals surface area (Å²) in [6.07, 6.45) is 6.26. The molecule has 0 aliphatic carbocycles. The number of carbonyl (C=O) groups excluding carboxylic acids is 2. The molecule has 2 aromatic heterocycles. The number of piperidine rings is 2. The molecule has 8 heteroatoms. The molecular weight excluding hydrogens is 406 g/mol. The Morgan fingerprint density at radius 3 is 2.50 bits per heavy atom. The third-order valence-electron chi connectivity index (χ3n) is 7.25. The number of likely N-dealkylation sites (tertiary alicyclic amines) is 2. The highest BCUT2D eigenvalue weighted by Gasteiger charge is 2.38. The molecule has 3 aliphatic rings. The summed E-state index contributed by atoms with van der Waals surface area (Å²) in [4.78, 5) is 45.8. The number of fused-ring (bicyclic) bond motifs is 4. The van der Waals surface area contributed by atoms with Crippen molar-refractivity contribution in [2.75, 3.05) is 31.5 Å². The van der Waals surface area contributed by atoms with Gasteiger partial charge in [-0.05, 0) is 49.4 Å². The van der Waals surface area contributed by atoms with Crippen molar-refractivity contribution in [3.63, 3.8) is 0 Å². The molecule has 0 spiro atoms. The summed E-state index contributed by atoms with van der Waals surface area (Å²) in [5.41, 5.74) is 1.75. The second-order valence-electron chi connectivity index (χ2n) is 9.27. The summed E-state index contributed by atoms with van der Waals surface area (Å²) in [5, 5.41) is 2.77. The normalized spacial score (nSPS) is 23.5. The lowest BCUT2D eigenvalue weighted by molar-refractivity contribution is -0.130. The molecule has 5 heterocycles. The first kappa shape index (κ1) is 20.9. The second kappa shape index (κ2) is 8.50. The van der Waals surface area contributed by atoms with Gasteiger partial charge in [-0.15, -0.1) is 0 Å². The number of hydrogen-bond donors (Lipinski definition) is 1. The zero-order valence-electron chi connectivity index (χ0n) is 18.4. The maximum absolute atomic E-state index is 13.2. The number of amides is 2. The summed E-state index contributed by atoms with van der Waals surface area (Å²) in [5.74, 6) is 0.616. The molecule has 2 amide bonds. The molecule has 0 aromatic carbocycles. The van der Waals surface area contributed by atoms with Crippen LogP contribution in [0, 0.1) is 5.92 Å². The quantitative estimate of drug-likeness (QED) is 0.796. The summed E-state index contributed by atoms with van der Waals surface area (Å²) in [7, 11) is 0. The average Bonchev–Trinajstić information content (AvgIpc) is 2.81. The molecule has 2 fully saturated rings. The van der Waals surface area contributed by atoms with Crippen molar-refractivity contribution in [2.24, 2.45) is 5.92 Å². The number of anilines is 1. The van der Waals surface area contributed by atoms with Gasteiger partial charge >= 0.3 is 0 Å². The van der Waals surface area contributed by atoms with Crippen molar-refractivity contribution in [3.05, 3.63) is 58.3 Å². The van der Waals surface area contributed by atoms with E-state index in [9.17, 15) is 14.4 Å². The van der Waals surface area contributed by atoms with E-state index in [0.717, 1.165) is 51.1 Å². The van der Waals surface area contributed by atoms with Crippen LogP contribution in [0.25, 0.3) is 0 Å². The Labute approximate surface area is 187 Å². The predicted octanol–water partition coefficient (Wildman–Crippen LogP) is 1.93. The van der Waals surface area contributed by atoms with Gasteiger partial charge in [-0.3, -0.25) is 24.3 Å². The van der Waals surface area contributed by atoms with Crippen LogP contribution in [-0.4, -0.2) is 63.4 Å². The Kier molecular flexibility index (Phi) is 5.55. The summed E-state index contributed by atoms with van der Waals surface area (Å²) in [6, 6.07) is 7.52. The largest absolute Gasteiger partial charge is 0.343 e. The minimum atomic E-state index is -0.302. The Bertz CT molecular complexity index is 1070. The number of rotatable bonds is 3. The third kappa shape index (κ3) is 3.95. The van der Waals surface area contributed by atoms with Crippen LogP contribution in [0.5, 0.6) is 0 Å². The van der Waals surface area contributed by atoms with Crippen LogP contribution in [0.3, 0.4) is 0 Å². The summed E-state index contributed by atoms with van der Waals surface area (Å²) < 4.78 is 1.87. The highest BCUT2D eigenvalue weighted by Crippen LogP contribution is 2.37. The standard InChI is InChI=1S/C24H29N5O3/c1-16(30)27-10-6-20(7-11-27)28-13-17-12-19(15-28)22-3-2-21(24(32)29(22)14-17)26-23(31)18-4-8-25-9-5-18/h2-5,8-9,17,19-20H,6-7,10-15H2,1H3,(H,26,31). The van der Waals surface area contributed by atoms with E-state index in [2.05, 4.69) is 15.2 Å². The van der Waals surface area contributed by atoms with Crippen LogP contribution in [0.1, 0.15) is 48.2 Å². The van der Waals surface area contributed by atoms with Gasteiger partial charge in [-0.1, -0.05) is 0 Å². The van der Waals surface area contributed by atoms with Crippen molar-refractivity contribution in [3.8, 4) is 0 Å². The zero-order valence-corrected chi connectivity index (χ0v) is 18.4. The Hall–Kier alpha value is -3.00. The van der Waals surface area contributed by atoms with Crippen molar-refractivity contribution < 1.29 is 9.59 Å². The third-order valence-corrected chi connectivity index (χ3v) is 7.25. The first-order valence-electron chi connectivity index (χ1n) is 11.4. The van der Waals surface area contributed by atoms with Crippen molar-refractivity contribution >= 4 is 17.5 Å². The fourth-order valence-corrected chi connectivity index (χ4v) is 5.62. The summed E-state index contributed by atoms with van der Waals surface area (Å²) >= 11 is 0. The molecule has 2 atom stereocenters. The molecule has 2 aromatic rings. The maximum atomic E-state index is 13.2. The lowest BCUT2D eigenvalue weighted by Gasteiger charge is -2.47. The Morgan fingerprint density at radius 2 is 1.78 bits per heavy atom. The lowest BCUT2D eigenvalue weighted by atomic mass is 9.82. The van der Waals surface area contributed by atoms with Crippen molar-refractivity contribution in [1.82, 2.24) is 19.4 Å². The molecule has 32 heavy (non-hydrogen) atoms. The highest BCUT2D eigenvalue weighted by molar-refractivity contribution is 6.04. The van der Waals surface area contributed by atoms with Crippen LogP contribution in [0.15, 0.2) is 41.5 Å². The van der Waals surface area contributed by atoms with Crippen LogP contribution in [-0.2, 0) is 11.3 Å². The number of pyridine rings is 2. The lowest BCUT2D eigenvalue weighted by Crippen LogP contribution is -2.53. The minimum absolute atomic E-state index is 0.122. The molecule has 0 saturated carbocycles. The van der Waals surface area contributed by atoms with E-state index < -0.39 is 0 Å². The van der Waals surface area contributed by atoms with Gasteiger partial charge < -0.3 is 14.8 Å². The van der Waals surface area contributed by atoms with E-state index in [-0.39, 0.29) is 17.4 Å². The molecule has 2 unspecified atom stereocenters. The van der Waals surface area contributed by atoms with E-state index >= 15 is 0 Å². The number of nitrogens with one attached hydrogen (secondary N) is 1. The van der Waals surface area contributed by atoms with Gasteiger partial charge in [0.1, 0.15) is 5.69 Å². The summed E-state index contributed by atoms with van der Waals surface area (Å²) in [6.45, 7) is 5.94. The molecule has 1 N–H and O–H groups in total. The van der Waals surface area contributed by atoms with Crippen molar-refractivity contribution in [1.29, 1.82) is 0 Å². The first-order chi connectivity index (χ1) is 15.5. The number of aromatic nitrogens is 2. The number of nitrogens with zero attached hydrogens (tertiary/aromatic N) is 4. The molecule has 0 radical (unpaired) electrons. The Balaban J connectivity index is 1.31. The van der Waals surface area contributed by atoms with E-state index in [4.69, 9.17) is 0 Å². The molecule has 2 saturated heterocycles. The average molecular weight is 436 g/mol. The van der Waals surface area contributed by atoms with Gasteiger partial charge in [0, 0.05) is 75.3 Å². The first-order valence-corrected chi connectivity index (χ1v) is 11.4. The van der Waals surface area contributed by atoms with E-state index in [0.29, 0.717) is 35.7 Å². The Morgan fingerprint density at radius 1 is 1.03 bits per heavy atom. The SMILES string of the molecule is CC(=O)N1CCC(N2CC3CC(C2)c2ccc(NC(=O)c4ccncc4)c(=O)n2C3)CC1. The van der Waals surface area contributed by atoms with E-state index in [1.165, 1.54) is 0 Å². The molecule has 8 nitrogen and oxygen atoms in total. The zero-order chi connectivity index (χ0) is 22.2. The van der Waals surface area contributed by atoms with E-state index in [1.54, 1.807) is 37.5 Å². The van der Waals surface area contributed by atoms with Crippen LogP contribution >= 0.6 is 0 Å². The van der Waals surface area contributed by atoms with Gasteiger partial charge in [0.2, 0.25) is 5.91 Å². The fourth-order valence-electron chi connectivity index (χ4n) is 5.62. The van der Waals surface area contributed by atoms with Crippen LogP contribution in [0.4, 0.5) is 5.69 Å². The van der Waals surface area contributed by atoms with E-state index in [1.807, 2.05) is 15.5 Å². The molecule has 5 rings (SSSR count). The smallest absolute Gasteiger partial charge is 0.274 e. The minimum Gasteiger partial charge on any atom is -0.343 e. The van der Waals surface area contributed by atoms with Gasteiger partial charge in [-0.25, -0.2) is 0 Å². The molecule has 3 aliphatic heterocycles. The fraction of sp³-hybridized carbons (Fsp3) is 0.500. The topological polar surface area (TPSA) is 87.5 Å². The maximum Gasteiger partial charge on any atom is 0.274 e. The van der Waals surface area contributed by atoms with Gasteiger partial charge in [0.05, 0.1) is 0 Å². The second-order valence-corrected chi connectivity index (χ2v) is 9.27. The predicted molar refractivity (Wildman–Crippen MR) is 121 cm³/mol. The number of hydrogen-bond acceptors (Lipinski definition) is 5. The van der Waals surface area contributed by atoms with Crippen LogP contribution in [0.2, 0.25) is 0 Å². The number of carbonyl (C=O) groups is 2. The molecule has 168 valence electrons. The highest BCUT2D eigenvalue weighted by atomic mass is 16.2. The van der Waals surface area contributed by atoms with Crippen molar-refractivity contribution in [2.45, 2.75) is 44.7 Å².